The van der Waals surface area contributed by atoms with E-state index in [1.54, 1.807) is 0 Å². The van der Waals surface area contributed by atoms with Crippen LogP contribution in [-0.2, 0) is 24.2 Å². The molecule has 6 nitrogen and oxygen atoms in total. The maximum atomic E-state index is 12.5. The summed E-state index contributed by atoms with van der Waals surface area (Å²) in [4.78, 5) is 27.1. The van der Waals surface area contributed by atoms with Crippen molar-refractivity contribution in [1.29, 1.82) is 0 Å². The quantitative estimate of drug-likeness (QED) is 0.670. The molecule has 27 heavy (non-hydrogen) atoms. The van der Waals surface area contributed by atoms with E-state index in [-0.39, 0.29) is 12.3 Å². The van der Waals surface area contributed by atoms with Gasteiger partial charge in [-0.3, -0.25) is 9.59 Å². The topological polar surface area (TPSA) is 85.9 Å². The normalized spacial score (nSPS) is 15.9. The van der Waals surface area contributed by atoms with Crippen LogP contribution >= 0.6 is 11.3 Å². The minimum atomic E-state index is -0.469. The number of thiophene rings is 1. The van der Waals surface area contributed by atoms with Crippen molar-refractivity contribution in [3.63, 3.8) is 0 Å². The zero-order valence-corrected chi connectivity index (χ0v) is 16.6. The van der Waals surface area contributed by atoms with Gasteiger partial charge in [0.1, 0.15) is 17.3 Å². The number of rotatable bonds is 7. The molecule has 2 heterocycles. The zero-order valence-electron chi connectivity index (χ0n) is 15.8. The van der Waals surface area contributed by atoms with Crippen LogP contribution in [0.1, 0.15) is 40.2 Å². The highest BCUT2D eigenvalue weighted by Crippen LogP contribution is 2.34. The van der Waals surface area contributed by atoms with Crippen LogP contribution in [0.3, 0.4) is 0 Å². The Hall–Kier alpha value is -2.38. The van der Waals surface area contributed by atoms with Crippen LogP contribution in [0.4, 0.5) is 5.00 Å². The SMILES string of the molecule is CCOc1ccc(CC(=O)Nc2sc3c(c2C(N)=O)CC[NH+](CC)C3)cc1. The van der Waals surface area contributed by atoms with E-state index in [1.807, 2.05) is 31.2 Å². The van der Waals surface area contributed by atoms with Crippen molar-refractivity contribution in [1.82, 2.24) is 0 Å². The Morgan fingerprint density at radius 3 is 2.63 bits per heavy atom. The van der Waals surface area contributed by atoms with Crippen LogP contribution in [0.2, 0.25) is 0 Å². The van der Waals surface area contributed by atoms with Gasteiger partial charge in [-0.1, -0.05) is 12.1 Å². The number of hydrogen-bond acceptors (Lipinski definition) is 4. The fraction of sp³-hybridized carbons (Fsp3) is 0.400. The second-order valence-electron chi connectivity index (χ2n) is 6.65. The van der Waals surface area contributed by atoms with E-state index in [2.05, 4.69) is 12.2 Å². The number of nitrogens with one attached hydrogen (secondary N) is 2. The minimum Gasteiger partial charge on any atom is -0.494 e. The zero-order chi connectivity index (χ0) is 19.4. The Balaban J connectivity index is 1.73. The Bertz CT molecular complexity index is 830. The smallest absolute Gasteiger partial charge is 0.252 e. The van der Waals surface area contributed by atoms with Gasteiger partial charge in [0.05, 0.1) is 36.6 Å². The van der Waals surface area contributed by atoms with E-state index in [4.69, 9.17) is 10.5 Å². The van der Waals surface area contributed by atoms with Gasteiger partial charge in [0.2, 0.25) is 5.91 Å². The van der Waals surface area contributed by atoms with Crippen LogP contribution in [0, 0.1) is 0 Å². The molecule has 0 fully saturated rings. The average molecular weight is 389 g/mol. The number of fused-ring (bicyclic) bond motifs is 1. The van der Waals surface area contributed by atoms with E-state index >= 15 is 0 Å². The molecule has 1 aromatic heterocycles. The van der Waals surface area contributed by atoms with Crippen LogP contribution in [0.15, 0.2) is 24.3 Å². The molecular weight excluding hydrogens is 362 g/mol. The molecule has 0 saturated heterocycles. The first-order chi connectivity index (χ1) is 13.0. The predicted octanol–water partition coefficient (Wildman–Crippen LogP) is 1.39. The van der Waals surface area contributed by atoms with Gasteiger partial charge in [0, 0.05) is 6.42 Å². The number of carbonyl (C=O) groups is 2. The Morgan fingerprint density at radius 1 is 1.26 bits per heavy atom. The van der Waals surface area contributed by atoms with E-state index in [1.165, 1.54) is 16.2 Å². The highest BCUT2D eigenvalue weighted by atomic mass is 32.1. The molecule has 4 N–H and O–H groups in total. The van der Waals surface area contributed by atoms with Gasteiger partial charge in [0.15, 0.2) is 0 Å². The fourth-order valence-corrected chi connectivity index (χ4v) is 4.75. The molecule has 144 valence electrons. The molecule has 3 rings (SSSR count). The van der Waals surface area contributed by atoms with Crippen molar-refractivity contribution in [3.8, 4) is 5.75 Å². The summed E-state index contributed by atoms with van der Waals surface area (Å²) in [5, 5.41) is 3.49. The third kappa shape index (κ3) is 4.48. The number of anilines is 1. The summed E-state index contributed by atoms with van der Waals surface area (Å²) in [6, 6.07) is 7.46. The molecular formula is C20H26N3O3S+. The molecule has 0 bridgehead atoms. The molecule has 7 heteroatoms. The van der Waals surface area contributed by atoms with Gasteiger partial charge in [0.25, 0.3) is 5.91 Å². The summed E-state index contributed by atoms with van der Waals surface area (Å²) < 4.78 is 5.42. The number of hydrogen-bond donors (Lipinski definition) is 3. The number of quaternary nitrogens is 1. The van der Waals surface area contributed by atoms with E-state index < -0.39 is 5.91 Å². The monoisotopic (exact) mass is 388 g/mol. The van der Waals surface area contributed by atoms with Crippen molar-refractivity contribution >= 4 is 28.2 Å². The van der Waals surface area contributed by atoms with Gasteiger partial charge in [-0.15, -0.1) is 11.3 Å². The number of carbonyl (C=O) groups excluding carboxylic acids is 2. The van der Waals surface area contributed by atoms with Gasteiger partial charge >= 0.3 is 0 Å². The molecule has 2 aromatic rings. The van der Waals surface area contributed by atoms with E-state index in [0.717, 1.165) is 47.8 Å². The lowest BCUT2D eigenvalue weighted by Crippen LogP contribution is -3.11. The lowest BCUT2D eigenvalue weighted by molar-refractivity contribution is -0.913. The Kier molecular flexibility index (Phi) is 6.13. The summed E-state index contributed by atoms with van der Waals surface area (Å²) in [5.74, 6) is 0.162. The predicted molar refractivity (Wildman–Crippen MR) is 107 cm³/mol. The summed E-state index contributed by atoms with van der Waals surface area (Å²) in [5.41, 5.74) is 8.01. The van der Waals surface area contributed by atoms with Crippen LogP contribution in [0.25, 0.3) is 0 Å². The van der Waals surface area contributed by atoms with Crippen LogP contribution < -0.4 is 20.7 Å². The number of ether oxygens (including phenoxy) is 1. The second-order valence-corrected chi connectivity index (χ2v) is 7.76. The molecule has 0 saturated carbocycles. The molecule has 1 atom stereocenters. The van der Waals surface area contributed by atoms with Gasteiger partial charge < -0.3 is 20.7 Å². The number of likely N-dealkylation sites (N-methyl/N-ethyl adjacent to an activating group) is 1. The van der Waals surface area contributed by atoms with Crippen LogP contribution in [0.5, 0.6) is 5.75 Å². The molecule has 1 aromatic carbocycles. The van der Waals surface area contributed by atoms with Crippen molar-refractivity contribution in [2.45, 2.75) is 33.2 Å². The van der Waals surface area contributed by atoms with Crippen LogP contribution in [-0.4, -0.2) is 31.5 Å². The molecule has 1 aliphatic rings. The Labute approximate surface area is 163 Å². The summed E-state index contributed by atoms with van der Waals surface area (Å²) in [6.45, 7) is 7.60. The largest absolute Gasteiger partial charge is 0.494 e. The standard InChI is InChI=1S/C20H25N3O3S/c1-3-23-10-9-15-16(12-23)27-20(18(15)19(21)25)22-17(24)11-13-5-7-14(8-6-13)26-4-2/h5-8H,3-4,9-12H2,1-2H3,(H2,21,25)(H,22,24)/p+1. The van der Waals surface area contributed by atoms with E-state index in [0.29, 0.717) is 17.2 Å². The fourth-order valence-electron chi connectivity index (χ4n) is 3.41. The van der Waals surface area contributed by atoms with Gasteiger partial charge in [-0.25, -0.2) is 0 Å². The molecule has 2 amide bonds. The maximum absolute atomic E-state index is 12.5. The molecule has 0 radical (unpaired) electrons. The molecule has 0 aliphatic carbocycles. The third-order valence-electron chi connectivity index (χ3n) is 4.83. The summed E-state index contributed by atoms with van der Waals surface area (Å²) in [7, 11) is 0. The maximum Gasteiger partial charge on any atom is 0.252 e. The molecule has 1 unspecified atom stereocenters. The summed E-state index contributed by atoms with van der Waals surface area (Å²) >= 11 is 1.48. The van der Waals surface area contributed by atoms with Crippen molar-refractivity contribution in [2.75, 3.05) is 25.0 Å². The minimum absolute atomic E-state index is 0.153. The first-order valence-corrected chi connectivity index (χ1v) is 10.1. The second kappa shape index (κ2) is 8.54. The first kappa shape index (κ1) is 19.4. The van der Waals surface area contributed by atoms with Crippen molar-refractivity contribution in [2.24, 2.45) is 5.73 Å². The van der Waals surface area contributed by atoms with E-state index in [9.17, 15) is 9.59 Å². The number of amides is 2. The highest BCUT2D eigenvalue weighted by molar-refractivity contribution is 7.17. The summed E-state index contributed by atoms with van der Waals surface area (Å²) in [6.07, 6.45) is 1.06. The van der Waals surface area contributed by atoms with Crippen molar-refractivity contribution < 1.29 is 19.2 Å². The average Bonchev–Trinajstić information content (AvgIpc) is 3.00. The van der Waals surface area contributed by atoms with Gasteiger partial charge in [-0.05, 0) is 37.1 Å². The van der Waals surface area contributed by atoms with Gasteiger partial charge in [-0.2, -0.15) is 0 Å². The lowest BCUT2D eigenvalue weighted by atomic mass is 10.0. The highest BCUT2D eigenvalue weighted by Gasteiger charge is 2.29. The van der Waals surface area contributed by atoms with Crippen molar-refractivity contribution in [3.05, 3.63) is 45.8 Å². The molecule has 0 spiro atoms. The third-order valence-corrected chi connectivity index (χ3v) is 5.98. The first-order valence-electron chi connectivity index (χ1n) is 9.31. The number of primary amides is 1. The number of nitrogens with two attached hydrogens (primary N) is 1. The number of benzene rings is 1. The lowest BCUT2D eigenvalue weighted by Gasteiger charge is -2.22. The molecule has 1 aliphatic heterocycles. The Morgan fingerprint density at radius 2 is 2.00 bits per heavy atom.